The maximum Gasteiger partial charge on any atom is 0.335 e. The summed E-state index contributed by atoms with van der Waals surface area (Å²) in [6.07, 6.45) is 1.37. The largest absolute Gasteiger partial charge is 0.478 e. The van der Waals surface area contributed by atoms with Crippen molar-refractivity contribution in [2.75, 3.05) is 5.32 Å². The Bertz CT molecular complexity index is 1590. The van der Waals surface area contributed by atoms with Crippen LogP contribution in [0.25, 0.3) is 11.1 Å². The minimum Gasteiger partial charge on any atom is -0.478 e. The van der Waals surface area contributed by atoms with Gasteiger partial charge in [-0.3, -0.25) is 19.7 Å². The Hall–Kier alpha value is -4.83. The number of aromatic carboxylic acids is 1. The maximum absolute atomic E-state index is 13.4. The van der Waals surface area contributed by atoms with E-state index >= 15 is 0 Å². The van der Waals surface area contributed by atoms with Gasteiger partial charge in [0.05, 0.1) is 16.1 Å². The van der Waals surface area contributed by atoms with Crippen LogP contribution in [0.1, 0.15) is 22.0 Å². The summed E-state index contributed by atoms with van der Waals surface area (Å²) in [6, 6.07) is 16.5. The zero-order chi connectivity index (χ0) is 27.4. The molecule has 0 saturated carbocycles. The molecule has 11 heteroatoms. The predicted molar refractivity (Wildman–Crippen MR) is 139 cm³/mol. The average Bonchev–Trinajstić information content (AvgIpc) is 2.88. The van der Waals surface area contributed by atoms with Crippen molar-refractivity contribution in [2.24, 2.45) is 0 Å². The molecular formula is C27H19ClFN3O6. The molecule has 1 heterocycles. The number of nitrogens with one attached hydrogen (secondary N) is 1. The van der Waals surface area contributed by atoms with Gasteiger partial charge in [0.1, 0.15) is 11.9 Å². The van der Waals surface area contributed by atoms with Crippen LogP contribution in [0, 0.1) is 15.9 Å². The van der Waals surface area contributed by atoms with Gasteiger partial charge >= 0.3 is 5.97 Å². The van der Waals surface area contributed by atoms with Gasteiger partial charge in [0.25, 0.3) is 11.2 Å². The molecule has 0 fully saturated rings. The highest BCUT2D eigenvalue weighted by molar-refractivity contribution is 6.31. The Balaban J connectivity index is 1.71. The molecular weight excluding hydrogens is 517 g/mol. The van der Waals surface area contributed by atoms with E-state index in [0.717, 1.165) is 0 Å². The fourth-order valence-electron chi connectivity index (χ4n) is 3.90. The minimum atomic E-state index is -1.12. The van der Waals surface area contributed by atoms with E-state index in [2.05, 4.69) is 5.32 Å². The first-order valence-corrected chi connectivity index (χ1v) is 11.6. The molecule has 0 aliphatic heterocycles. The highest BCUT2D eigenvalue weighted by atomic mass is 35.5. The number of nitro groups is 1. The molecule has 192 valence electrons. The minimum absolute atomic E-state index is 0.0237. The topological polar surface area (TPSA) is 132 Å². The number of nitrogens with zero attached hydrogens (tertiary/aromatic N) is 2. The molecule has 9 nitrogen and oxygen atoms in total. The Morgan fingerprint density at radius 1 is 1.03 bits per heavy atom. The number of halogens is 2. The Kier molecular flexibility index (Phi) is 7.63. The van der Waals surface area contributed by atoms with E-state index in [9.17, 15) is 28.9 Å². The Morgan fingerprint density at radius 3 is 2.32 bits per heavy atom. The summed E-state index contributed by atoms with van der Waals surface area (Å²) in [7, 11) is 0. The number of aromatic nitrogens is 1. The van der Waals surface area contributed by atoms with Gasteiger partial charge in [-0.1, -0.05) is 23.7 Å². The summed E-state index contributed by atoms with van der Waals surface area (Å²) in [5.41, 5.74) is 0.456. The van der Waals surface area contributed by atoms with E-state index in [1.165, 1.54) is 89.6 Å². The lowest BCUT2D eigenvalue weighted by atomic mass is 10.0. The van der Waals surface area contributed by atoms with Gasteiger partial charge in [-0.25, -0.2) is 9.18 Å². The second-order valence-corrected chi connectivity index (χ2v) is 8.73. The van der Waals surface area contributed by atoms with E-state index in [1.54, 1.807) is 0 Å². The second kappa shape index (κ2) is 11.1. The van der Waals surface area contributed by atoms with Crippen molar-refractivity contribution in [3.05, 3.63) is 127 Å². The van der Waals surface area contributed by atoms with Gasteiger partial charge in [-0.15, -0.1) is 0 Å². The number of carboxylic acids is 1. The summed E-state index contributed by atoms with van der Waals surface area (Å²) >= 11 is 6.02. The van der Waals surface area contributed by atoms with Gasteiger partial charge < -0.3 is 15.0 Å². The molecule has 4 rings (SSSR count). The second-order valence-electron chi connectivity index (χ2n) is 8.30. The Labute approximate surface area is 219 Å². The number of carbonyl (C=O) groups excluding carboxylic acids is 1. The van der Waals surface area contributed by atoms with Crippen molar-refractivity contribution in [1.29, 1.82) is 0 Å². The number of anilines is 1. The number of nitro benzene ring substituents is 1. The van der Waals surface area contributed by atoms with Crippen molar-refractivity contribution in [3.8, 4) is 11.1 Å². The average molecular weight is 536 g/mol. The highest BCUT2D eigenvalue weighted by Gasteiger charge is 2.24. The Morgan fingerprint density at radius 2 is 1.71 bits per heavy atom. The quantitative estimate of drug-likeness (QED) is 0.231. The summed E-state index contributed by atoms with van der Waals surface area (Å²) in [5, 5.41) is 23.5. The molecule has 1 unspecified atom stereocenters. The standard InChI is InChI=1S/C27H19ClFN3O6/c28-19-5-10-23(32(37)38)22(15-19)18-11-12-31(25(33)14-18)24(13-16-1-6-20(29)7-2-16)26(34)30-21-8-3-17(4-9-21)27(35)36/h1-12,14-15,24H,13H2,(H,30,34)(H,35,36). The summed E-state index contributed by atoms with van der Waals surface area (Å²) in [5.74, 6) is -2.16. The van der Waals surface area contributed by atoms with E-state index in [0.29, 0.717) is 11.3 Å². The van der Waals surface area contributed by atoms with E-state index < -0.39 is 34.2 Å². The first kappa shape index (κ1) is 26.2. The lowest BCUT2D eigenvalue weighted by Crippen LogP contribution is -2.34. The van der Waals surface area contributed by atoms with Crippen LogP contribution in [0.5, 0.6) is 0 Å². The number of carbonyl (C=O) groups is 2. The molecule has 4 aromatic rings. The molecule has 0 radical (unpaired) electrons. The summed E-state index contributed by atoms with van der Waals surface area (Å²) in [6.45, 7) is 0. The third-order valence-electron chi connectivity index (χ3n) is 5.79. The van der Waals surface area contributed by atoms with E-state index in [-0.39, 0.29) is 33.8 Å². The first-order valence-electron chi connectivity index (χ1n) is 11.2. The number of carboxylic acid groups (broad SMARTS) is 1. The van der Waals surface area contributed by atoms with Crippen molar-refractivity contribution in [2.45, 2.75) is 12.5 Å². The van der Waals surface area contributed by atoms with Gasteiger partial charge in [0.15, 0.2) is 0 Å². The predicted octanol–water partition coefficient (Wildman–Crippen LogP) is 5.34. The molecule has 0 saturated heterocycles. The van der Waals surface area contributed by atoms with Crippen LogP contribution in [0.15, 0.2) is 89.9 Å². The van der Waals surface area contributed by atoms with Crippen LogP contribution in [0.4, 0.5) is 15.8 Å². The molecule has 38 heavy (non-hydrogen) atoms. The fraction of sp³-hybridized carbons (Fsp3) is 0.0741. The normalized spacial score (nSPS) is 11.5. The van der Waals surface area contributed by atoms with Crippen LogP contribution < -0.4 is 10.9 Å². The highest BCUT2D eigenvalue weighted by Crippen LogP contribution is 2.32. The number of benzene rings is 3. The molecule has 1 atom stereocenters. The SMILES string of the molecule is O=C(O)c1ccc(NC(=O)C(Cc2ccc(F)cc2)n2ccc(-c3cc(Cl)ccc3[N+](=O)[O-])cc2=O)cc1. The number of hydrogen-bond donors (Lipinski definition) is 2. The molecule has 0 aliphatic rings. The van der Waals surface area contributed by atoms with Gasteiger partial charge in [0.2, 0.25) is 5.91 Å². The molecule has 3 aromatic carbocycles. The third kappa shape index (κ3) is 5.93. The third-order valence-corrected chi connectivity index (χ3v) is 6.03. The number of rotatable bonds is 8. The number of pyridine rings is 1. The van der Waals surface area contributed by atoms with E-state index in [1.807, 2.05) is 0 Å². The lowest BCUT2D eigenvalue weighted by Gasteiger charge is -2.20. The summed E-state index contributed by atoms with van der Waals surface area (Å²) < 4.78 is 14.6. The first-order chi connectivity index (χ1) is 18.1. The van der Waals surface area contributed by atoms with Crippen LogP contribution >= 0.6 is 11.6 Å². The zero-order valence-corrected chi connectivity index (χ0v) is 20.3. The fourth-order valence-corrected chi connectivity index (χ4v) is 4.07. The molecule has 1 amide bonds. The van der Waals surface area contributed by atoms with Crippen molar-refractivity contribution in [1.82, 2.24) is 4.57 Å². The maximum atomic E-state index is 13.4. The number of amides is 1. The lowest BCUT2D eigenvalue weighted by molar-refractivity contribution is -0.384. The van der Waals surface area contributed by atoms with Crippen LogP contribution in [0.3, 0.4) is 0 Å². The van der Waals surface area contributed by atoms with E-state index in [4.69, 9.17) is 16.7 Å². The van der Waals surface area contributed by atoms with Gasteiger partial charge in [0, 0.05) is 35.5 Å². The monoisotopic (exact) mass is 535 g/mol. The number of hydrogen-bond acceptors (Lipinski definition) is 5. The van der Waals surface area contributed by atoms with Crippen molar-refractivity contribution in [3.63, 3.8) is 0 Å². The molecule has 0 spiro atoms. The van der Waals surface area contributed by atoms with Gasteiger partial charge in [-0.05, 0) is 65.7 Å². The van der Waals surface area contributed by atoms with Crippen LogP contribution in [0.2, 0.25) is 5.02 Å². The van der Waals surface area contributed by atoms with Crippen LogP contribution in [-0.4, -0.2) is 26.5 Å². The van der Waals surface area contributed by atoms with Crippen LogP contribution in [-0.2, 0) is 11.2 Å². The smallest absolute Gasteiger partial charge is 0.335 e. The van der Waals surface area contributed by atoms with Crippen molar-refractivity contribution >= 4 is 34.9 Å². The molecule has 0 bridgehead atoms. The molecule has 1 aromatic heterocycles. The zero-order valence-electron chi connectivity index (χ0n) is 19.5. The molecule has 2 N–H and O–H groups in total. The van der Waals surface area contributed by atoms with Crippen molar-refractivity contribution < 1.29 is 24.0 Å². The van der Waals surface area contributed by atoms with Gasteiger partial charge in [-0.2, -0.15) is 0 Å². The summed E-state index contributed by atoms with van der Waals surface area (Å²) in [4.78, 5) is 48.5. The molecule has 0 aliphatic carbocycles.